The molecule has 226 valence electrons. The van der Waals surface area contributed by atoms with Crippen LogP contribution in [0, 0.1) is 13.5 Å². The number of nitrogens with zero attached hydrogens (tertiary/aromatic N) is 4. The molecule has 3 rings (SSSR count). The van der Waals surface area contributed by atoms with Crippen LogP contribution in [0.15, 0.2) is 41.3 Å². The lowest BCUT2D eigenvalue weighted by Crippen LogP contribution is -2.40. The van der Waals surface area contributed by atoms with Crippen LogP contribution in [0.3, 0.4) is 0 Å². The molecule has 12 nitrogen and oxygen atoms in total. The van der Waals surface area contributed by atoms with Gasteiger partial charge in [0, 0.05) is 45.0 Å². The number of nitrogens with one attached hydrogen (secondary N) is 1. The van der Waals surface area contributed by atoms with Gasteiger partial charge in [-0.15, -0.1) is 0 Å². The number of ether oxygens (including phenoxy) is 2. The highest BCUT2D eigenvalue weighted by molar-refractivity contribution is 7.44. The van der Waals surface area contributed by atoms with Crippen LogP contribution in [0.25, 0.3) is 4.85 Å². The second-order valence-corrected chi connectivity index (χ2v) is 11.0. The minimum Gasteiger partial charge on any atom is -0.400 e. The maximum atomic E-state index is 13.2. The standard InChI is InChI=1S/C27H38N5O6P.CH4O/c1-17(2)32(18(3)4)39(36-15-14-28-7)38-22-20(6)37-26(23(22)35-8)31-16-19(5)24(30-27(31)34)29-25(33)21-12-10-9-11-13-21;1-2/h9-13,16-18,20,22-23,26H,14-15H2,1-6,8H3,(H,29,30,33,34);2H,1H3/t20-,22+,23?,26-,39?;/m1./s1/i6D;2T. The Morgan fingerprint density at radius 1 is 1.34 bits per heavy atom. The monoisotopic (exact) mass is 594 g/mol. The van der Waals surface area contributed by atoms with E-state index in [1.807, 2.05) is 33.8 Å². The van der Waals surface area contributed by atoms with Gasteiger partial charge in [-0.25, -0.2) is 16.0 Å². The summed E-state index contributed by atoms with van der Waals surface area (Å²) in [4.78, 5) is 33.3. The molecule has 5 atom stereocenters. The molecule has 2 unspecified atom stereocenters. The lowest BCUT2D eigenvalue weighted by atomic mass is 10.1. The fourth-order valence-corrected chi connectivity index (χ4v) is 6.11. The zero-order valence-corrected chi connectivity index (χ0v) is 25.5. The Morgan fingerprint density at radius 3 is 2.56 bits per heavy atom. The minimum absolute atomic E-state index is 0.0840. The number of aryl methyl sites for hydroxylation is 1. The van der Waals surface area contributed by atoms with Gasteiger partial charge in [-0.3, -0.25) is 9.36 Å². The summed E-state index contributed by atoms with van der Waals surface area (Å²) in [6.45, 7) is 17.2. The van der Waals surface area contributed by atoms with Gasteiger partial charge in [0.1, 0.15) is 24.6 Å². The number of rotatable bonds is 12. The lowest BCUT2D eigenvalue weighted by molar-refractivity contribution is -0.0510. The summed E-state index contributed by atoms with van der Waals surface area (Å²) in [6.07, 6.45) is -1.56. The van der Waals surface area contributed by atoms with Crippen LogP contribution in [0.2, 0.25) is 0 Å². The fourth-order valence-electron chi connectivity index (χ4n) is 4.35. The molecule has 0 bridgehead atoms. The molecule has 1 fully saturated rings. The Hall–Kier alpha value is -2.75. The van der Waals surface area contributed by atoms with Crippen molar-refractivity contribution in [2.24, 2.45) is 0 Å². The number of aliphatic hydroxyl groups excluding tert-OH is 1. The van der Waals surface area contributed by atoms with Crippen molar-refractivity contribution in [2.75, 3.05) is 32.7 Å². The highest BCUT2D eigenvalue weighted by Crippen LogP contribution is 2.50. The molecule has 13 heteroatoms. The third-order valence-electron chi connectivity index (χ3n) is 6.10. The topological polar surface area (TPSA) is 129 Å². The van der Waals surface area contributed by atoms with E-state index < -0.39 is 38.8 Å². The van der Waals surface area contributed by atoms with Crippen molar-refractivity contribution in [2.45, 2.75) is 78.1 Å². The normalized spacial score (nSPS) is 21.6. The number of methoxy groups -OCH3 is 1. The summed E-state index contributed by atoms with van der Waals surface area (Å²) >= 11 is 0. The zero-order valence-electron chi connectivity index (χ0n) is 26.6. The molecule has 1 aliphatic rings. The SMILES string of the molecule is [2H]C[C@H]1O[C@@H](n2cc(C)c(NC(=O)c3ccccc3)nc2=O)C(OC)[C@H]1OP(OCC[N+]#[C-])N(C(C)C)C(C)C.[3H]OC. The van der Waals surface area contributed by atoms with Crippen LogP contribution < -0.4 is 11.0 Å². The van der Waals surface area contributed by atoms with Crippen LogP contribution in [-0.2, 0) is 18.5 Å². The number of anilines is 1. The second kappa shape index (κ2) is 16.6. The van der Waals surface area contributed by atoms with Gasteiger partial charge in [0.25, 0.3) is 14.4 Å². The van der Waals surface area contributed by atoms with E-state index in [1.54, 1.807) is 37.4 Å². The summed E-state index contributed by atoms with van der Waals surface area (Å²) in [5.41, 5.74) is 0.341. The largest absolute Gasteiger partial charge is 0.400 e. The first-order valence-corrected chi connectivity index (χ1v) is 14.3. The van der Waals surface area contributed by atoms with Gasteiger partial charge in [0.15, 0.2) is 6.23 Å². The number of benzene rings is 1. The highest BCUT2D eigenvalue weighted by atomic mass is 31.2. The molecule has 2 aromatic rings. The van der Waals surface area contributed by atoms with E-state index in [9.17, 15) is 9.59 Å². The van der Waals surface area contributed by atoms with Crippen LogP contribution in [0.4, 0.5) is 5.82 Å². The number of aliphatic hydroxyl groups is 1. The maximum absolute atomic E-state index is 13.2. The molecule has 0 saturated carbocycles. The summed E-state index contributed by atoms with van der Waals surface area (Å²) in [5, 5.41) is 6.19. The van der Waals surface area contributed by atoms with Gasteiger partial charge in [-0.2, -0.15) is 4.98 Å². The van der Waals surface area contributed by atoms with Gasteiger partial charge in [0.2, 0.25) is 7.98 Å². The minimum atomic E-state index is -1.63. The zero-order chi connectivity index (χ0) is 32.1. The van der Waals surface area contributed by atoms with E-state index in [-0.39, 0.29) is 43.9 Å². The molecule has 0 spiro atoms. The van der Waals surface area contributed by atoms with Crippen molar-refractivity contribution in [1.29, 1.82) is 1.43 Å². The number of hydrogen-bond donors (Lipinski definition) is 2. The fraction of sp³-hybridized carbons (Fsp3) is 0.571. The third-order valence-corrected chi connectivity index (χ3v) is 8.23. The Kier molecular flexibility index (Phi) is 12.7. The van der Waals surface area contributed by atoms with Gasteiger partial charge >= 0.3 is 5.69 Å². The molecule has 1 aromatic carbocycles. The first-order chi connectivity index (χ1) is 20.5. The van der Waals surface area contributed by atoms with Crippen LogP contribution in [-0.4, -0.2) is 84.4 Å². The summed E-state index contributed by atoms with van der Waals surface area (Å²) in [5.74, 6) is -0.234. The molecule has 1 aliphatic heterocycles. The quantitative estimate of drug-likeness (QED) is 0.213. The summed E-state index contributed by atoms with van der Waals surface area (Å²) < 4.78 is 41.7. The molecule has 2 heterocycles. The Balaban J connectivity index is 0.00000206. The second-order valence-electron chi connectivity index (χ2n) is 9.64. The summed E-state index contributed by atoms with van der Waals surface area (Å²) in [6, 6.07) is 8.81. The highest BCUT2D eigenvalue weighted by Gasteiger charge is 2.48. The molecule has 1 saturated heterocycles. The average molecular weight is 595 g/mol. The predicted octanol–water partition coefficient (Wildman–Crippen LogP) is 4.01. The van der Waals surface area contributed by atoms with Crippen LogP contribution in [0.5, 0.6) is 0 Å². The van der Waals surface area contributed by atoms with Crippen molar-refractivity contribution in [3.63, 3.8) is 0 Å². The first-order valence-electron chi connectivity index (χ1n) is 14.3. The molecule has 0 aliphatic carbocycles. The van der Waals surface area contributed by atoms with Crippen molar-refractivity contribution in [3.05, 3.63) is 69.6 Å². The van der Waals surface area contributed by atoms with E-state index in [0.29, 0.717) is 11.1 Å². The lowest BCUT2D eigenvalue weighted by Gasteiger charge is -2.37. The Bertz CT molecular complexity index is 1240. The average Bonchev–Trinajstić information content (AvgIpc) is 3.32. The summed E-state index contributed by atoms with van der Waals surface area (Å²) in [7, 11) is 1.15. The van der Waals surface area contributed by atoms with E-state index >= 15 is 0 Å². The third kappa shape index (κ3) is 8.87. The molecule has 1 amide bonds. The molecule has 2 N–H and O–H groups in total. The van der Waals surface area contributed by atoms with Crippen LogP contribution >= 0.6 is 8.53 Å². The molecule has 1 aromatic heterocycles. The maximum Gasteiger partial charge on any atom is 0.351 e. The van der Waals surface area contributed by atoms with Gasteiger partial charge < -0.3 is 33.8 Å². The van der Waals surface area contributed by atoms with E-state index in [1.165, 1.54) is 18.8 Å². The number of carbonyl (C=O) groups excluding carboxylic acids is 1. The first kappa shape index (κ1) is 31.2. The Morgan fingerprint density at radius 2 is 2.00 bits per heavy atom. The smallest absolute Gasteiger partial charge is 0.351 e. The number of amides is 1. The molecular weight excluding hydrogens is 549 g/mol. The predicted molar refractivity (Wildman–Crippen MR) is 157 cm³/mol. The van der Waals surface area contributed by atoms with Crippen molar-refractivity contribution in [1.82, 2.24) is 14.2 Å². The van der Waals surface area contributed by atoms with Crippen LogP contribution in [0.1, 0.15) is 58.1 Å². The number of hydrogen-bond acceptors (Lipinski definition) is 9. The molecule has 41 heavy (non-hydrogen) atoms. The number of aromatic nitrogens is 2. The van der Waals surface area contributed by atoms with Crippen molar-refractivity contribution >= 4 is 20.3 Å². The van der Waals surface area contributed by atoms with E-state index in [2.05, 4.69) is 24.9 Å². The van der Waals surface area contributed by atoms with Gasteiger partial charge in [-0.1, -0.05) is 18.2 Å². The molecule has 0 radical (unpaired) electrons. The van der Waals surface area contributed by atoms with Gasteiger partial charge in [-0.05, 0) is 53.7 Å². The molecular formula is C28H42N5O7P. The van der Waals surface area contributed by atoms with E-state index in [4.69, 9.17) is 27.9 Å². The number of carbonyl (C=O) groups is 1. The van der Waals surface area contributed by atoms with Gasteiger partial charge in [0.05, 0.1) is 6.10 Å². The van der Waals surface area contributed by atoms with Crippen molar-refractivity contribution in [3.8, 4) is 0 Å². The van der Waals surface area contributed by atoms with E-state index in [0.717, 1.165) is 0 Å². The Labute approximate surface area is 246 Å². The van der Waals surface area contributed by atoms with Crippen molar-refractivity contribution < 1.29 is 29.8 Å².